The van der Waals surface area contributed by atoms with Crippen LogP contribution >= 0.6 is 0 Å². The molecule has 0 radical (unpaired) electrons. The van der Waals surface area contributed by atoms with Gasteiger partial charge in [-0.1, -0.05) is 20.8 Å². The molecule has 6 heteroatoms. The summed E-state index contributed by atoms with van der Waals surface area (Å²) in [5, 5.41) is 0. The number of rotatable bonds is 5. The topological polar surface area (TPSA) is 129 Å². The largest absolute Gasteiger partial charge is 0.366 e. The zero-order chi connectivity index (χ0) is 15.6. The lowest BCUT2D eigenvalue weighted by Crippen LogP contribution is -2.25. The van der Waals surface area contributed by atoms with E-state index in [1.165, 1.54) is 12.1 Å². The predicted octanol–water partition coefficient (Wildman–Crippen LogP) is 0.743. The lowest BCUT2D eigenvalue weighted by molar-refractivity contribution is 0.0997. The Bertz CT molecular complexity index is 544. The van der Waals surface area contributed by atoms with Crippen LogP contribution in [0.1, 0.15) is 63.3 Å². The van der Waals surface area contributed by atoms with Crippen LogP contribution in [0.2, 0.25) is 0 Å². The SMILES string of the molecule is CC(C)C(C)c1c(C(N)=O)cc(C(N)=O)cc1C(N)=O. The molecule has 0 aromatic heterocycles. The summed E-state index contributed by atoms with van der Waals surface area (Å²) in [6, 6.07) is 2.62. The molecule has 1 atom stereocenters. The van der Waals surface area contributed by atoms with E-state index >= 15 is 0 Å². The molecule has 0 saturated carbocycles. The number of hydrogen-bond donors (Lipinski definition) is 3. The first-order chi connectivity index (χ1) is 9.16. The Hall–Kier alpha value is -2.37. The summed E-state index contributed by atoms with van der Waals surface area (Å²) in [6.07, 6.45) is 0. The van der Waals surface area contributed by atoms with Gasteiger partial charge in [0.2, 0.25) is 17.7 Å². The lowest BCUT2D eigenvalue weighted by Gasteiger charge is -2.22. The molecule has 0 spiro atoms. The zero-order valence-electron chi connectivity index (χ0n) is 11.8. The molecule has 0 saturated heterocycles. The second-order valence-corrected chi connectivity index (χ2v) is 5.11. The van der Waals surface area contributed by atoms with Crippen LogP contribution in [0.4, 0.5) is 0 Å². The van der Waals surface area contributed by atoms with E-state index in [1.54, 1.807) is 0 Å². The van der Waals surface area contributed by atoms with Crippen molar-refractivity contribution in [3.05, 3.63) is 34.4 Å². The fraction of sp³-hybridized carbons (Fsp3) is 0.357. The summed E-state index contributed by atoms with van der Waals surface area (Å²) in [4.78, 5) is 34.5. The number of hydrogen-bond acceptors (Lipinski definition) is 3. The minimum atomic E-state index is -0.751. The van der Waals surface area contributed by atoms with Gasteiger partial charge in [-0.05, 0) is 29.5 Å². The van der Waals surface area contributed by atoms with Crippen molar-refractivity contribution < 1.29 is 14.4 Å². The molecule has 3 amide bonds. The molecular formula is C14H19N3O3. The highest BCUT2D eigenvalue weighted by atomic mass is 16.2. The van der Waals surface area contributed by atoms with E-state index in [-0.39, 0.29) is 28.5 Å². The molecular weight excluding hydrogens is 258 g/mol. The average Bonchev–Trinajstić information content (AvgIpc) is 2.35. The number of amides is 3. The Balaban J connectivity index is 3.72. The van der Waals surface area contributed by atoms with Crippen LogP contribution < -0.4 is 17.2 Å². The summed E-state index contributed by atoms with van der Waals surface area (Å²) < 4.78 is 0. The van der Waals surface area contributed by atoms with Gasteiger partial charge in [-0.2, -0.15) is 0 Å². The van der Waals surface area contributed by atoms with Gasteiger partial charge in [0, 0.05) is 16.7 Å². The van der Waals surface area contributed by atoms with Crippen LogP contribution in [-0.4, -0.2) is 17.7 Å². The van der Waals surface area contributed by atoms with E-state index in [1.807, 2.05) is 20.8 Å². The number of primary amides is 3. The fourth-order valence-electron chi connectivity index (χ4n) is 2.03. The Labute approximate surface area is 117 Å². The molecule has 0 aliphatic rings. The molecule has 1 aromatic rings. The third-order valence-electron chi connectivity index (χ3n) is 3.45. The van der Waals surface area contributed by atoms with Gasteiger partial charge < -0.3 is 17.2 Å². The second-order valence-electron chi connectivity index (χ2n) is 5.11. The molecule has 1 unspecified atom stereocenters. The fourth-order valence-corrected chi connectivity index (χ4v) is 2.03. The van der Waals surface area contributed by atoms with Crippen molar-refractivity contribution in [2.45, 2.75) is 26.7 Å². The molecule has 6 nitrogen and oxygen atoms in total. The molecule has 0 bridgehead atoms. The number of benzene rings is 1. The van der Waals surface area contributed by atoms with Gasteiger partial charge in [0.1, 0.15) is 0 Å². The van der Waals surface area contributed by atoms with E-state index in [9.17, 15) is 14.4 Å². The molecule has 1 aromatic carbocycles. The van der Waals surface area contributed by atoms with Gasteiger partial charge in [0.15, 0.2) is 0 Å². The number of carbonyl (C=O) groups is 3. The zero-order valence-corrected chi connectivity index (χ0v) is 11.8. The summed E-state index contributed by atoms with van der Waals surface area (Å²) in [6.45, 7) is 5.76. The van der Waals surface area contributed by atoms with E-state index in [4.69, 9.17) is 17.2 Å². The summed E-state index contributed by atoms with van der Waals surface area (Å²) in [5.41, 5.74) is 16.6. The van der Waals surface area contributed by atoms with Crippen molar-refractivity contribution in [3.63, 3.8) is 0 Å². The van der Waals surface area contributed by atoms with Crippen molar-refractivity contribution in [1.29, 1.82) is 0 Å². The maximum atomic E-state index is 11.6. The third-order valence-corrected chi connectivity index (χ3v) is 3.45. The molecule has 108 valence electrons. The van der Waals surface area contributed by atoms with Crippen molar-refractivity contribution in [2.24, 2.45) is 23.1 Å². The van der Waals surface area contributed by atoms with Gasteiger partial charge in [0.05, 0.1) is 0 Å². The normalized spacial score (nSPS) is 12.2. The highest BCUT2D eigenvalue weighted by Crippen LogP contribution is 2.31. The average molecular weight is 277 g/mol. The predicted molar refractivity (Wildman–Crippen MR) is 75.2 cm³/mol. The van der Waals surface area contributed by atoms with Crippen molar-refractivity contribution >= 4 is 17.7 Å². The van der Waals surface area contributed by atoms with Crippen molar-refractivity contribution in [3.8, 4) is 0 Å². The molecule has 20 heavy (non-hydrogen) atoms. The van der Waals surface area contributed by atoms with E-state index < -0.39 is 17.7 Å². The monoisotopic (exact) mass is 277 g/mol. The van der Waals surface area contributed by atoms with Crippen LogP contribution in [0.5, 0.6) is 0 Å². The molecule has 0 aliphatic heterocycles. The first-order valence-electron chi connectivity index (χ1n) is 6.24. The molecule has 0 aliphatic carbocycles. The van der Waals surface area contributed by atoms with Crippen LogP contribution in [0.15, 0.2) is 12.1 Å². The second kappa shape index (κ2) is 5.73. The first-order valence-corrected chi connectivity index (χ1v) is 6.24. The quantitative estimate of drug-likeness (QED) is 0.733. The van der Waals surface area contributed by atoms with Gasteiger partial charge in [-0.3, -0.25) is 14.4 Å². The van der Waals surface area contributed by atoms with E-state index in [0.717, 1.165) is 0 Å². The van der Waals surface area contributed by atoms with Crippen LogP contribution in [0, 0.1) is 5.92 Å². The summed E-state index contributed by atoms with van der Waals surface area (Å²) in [7, 11) is 0. The molecule has 1 rings (SSSR count). The Morgan fingerprint density at radius 3 is 1.50 bits per heavy atom. The van der Waals surface area contributed by atoms with Crippen LogP contribution in [0.3, 0.4) is 0 Å². The number of nitrogens with two attached hydrogens (primary N) is 3. The lowest BCUT2D eigenvalue weighted by atomic mass is 9.82. The van der Waals surface area contributed by atoms with Crippen LogP contribution in [-0.2, 0) is 0 Å². The molecule has 6 N–H and O–H groups in total. The van der Waals surface area contributed by atoms with E-state index in [2.05, 4.69) is 0 Å². The maximum Gasteiger partial charge on any atom is 0.249 e. The number of carbonyl (C=O) groups excluding carboxylic acids is 3. The standard InChI is InChI=1S/C14H19N3O3/c1-6(2)7(3)11-9(13(16)19)4-8(12(15)18)5-10(11)14(17)20/h4-7H,1-3H3,(H2,15,18)(H2,16,19)(H2,17,20). The first kappa shape index (κ1) is 15.7. The highest BCUT2D eigenvalue weighted by Gasteiger charge is 2.25. The minimum Gasteiger partial charge on any atom is -0.366 e. The molecule has 0 fully saturated rings. The maximum absolute atomic E-state index is 11.6. The Morgan fingerprint density at radius 2 is 1.25 bits per heavy atom. The van der Waals surface area contributed by atoms with Crippen molar-refractivity contribution in [1.82, 2.24) is 0 Å². The summed E-state index contributed by atoms with van der Waals surface area (Å²) >= 11 is 0. The van der Waals surface area contributed by atoms with Gasteiger partial charge in [0.25, 0.3) is 0 Å². The van der Waals surface area contributed by atoms with Gasteiger partial charge in [-0.15, -0.1) is 0 Å². The Morgan fingerprint density at radius 1 is 0.850 bits per heavy atom. The highest BCUT2D eigenvalue weighted by molar-refractivity contribution is 6.05. The third kappa shape index (κ3) is 2.96. The smallest absolute Gasteiger partial charge is 0.249 e. The van der Waals surface area contributed by atoms with E-state index in [0.29, 0.717) is 5.56 Å². The van der Waals surface area contributed by atoms with Gasteiger partial charge in [-0.25, -0.2) is 0 Å². The Kier molecular flexibility index (Phi) is 4.49. The molecule has 0 heterocycles. The summed E-state index contributed by atoms with van der Waals surface area (Å²) in [5.74, 6) is -2.16. The van der Waals surface area contributed by atoms with Crippen LogP contribution in [0.25, 0.3) is 0 Å². The van der Waals surface area contributed by atoms with Gasteiger partial charge >= 0.3 is 0 Å². The minimum absolute atomic E-state index is 0.0345. The van der Waals surface area contributed by atoms with Crippen molar-refractivity contribution in [2.75, 3.05) is 0 Å².